The van der Waals surface area contributed by atoms with E-state index in [4.69, 9.17) is 9.47 Å². The molecule has 0 radical (unpaired) electrons. The van der Waals surface area contributed by atoms with Crippen LogP contribution >= 0.6 is 0 Å². The van der Waals surface area contributed by atoms with Gasteiger partial charge < -0.3 is 9.47 Å². The van der Waals surface area contributed by atoms with Crippen molar-refractivity contribution in [1.29, 1.82) is 0 Å². The van der Waals surface area contributed by atoms with Crippen LogP contribution in [-0.2, 0) is 10.0 Å². The molecule has 2 aliphatic heterocycles. The van der Waals surface area contributed by atoms with E-state index in [1.807, 2.05) is 37.3 Å². The molecule has 1 saturated heterocycles. The smallest absolute Gasteiger partial charge is 0.243 e. The molecule has 0 spiro atoms. The number of benzene rings is 2. The summed E-state index contributed by atoms with van der Waals surface area (Å²) >= 11 is 0. The van der Waals surface area contributed by atoms with E-state index in [0.29, 0.717) is 37.4 Å². The molecule has 0 saturated carbocycles. The van der Waals surface area contributed by atoms with Crippen LogP contribution in [-0.4, -0.2) is 47.4 Å². The molecule has 1 aromatic heterocycles. The monoisotopic (exact) mass is 426 g/mol. The molecule has 9 heteroatoms. The Hall–Kier alpha value is -2.91. The molecule has 156 valence electrons. The van der Waals surface area contributed by atoms with Gasteiger partial charge in [-0.15, -0.1) is 10.2 Å². The SMILES string of the molecule is Cc1nnc(C2CCN(S(=O)(=O)c3ccc4c(c3)OCO4)CC2)n1-c1ccccc1. The normalized spacial score (nSPS) is 17.4. The number of aryl methyl sites for hydroxylation is 1. The maximum Gasteiger partial charge on any atom is 0.243 e. The summed E-state index contributed by atoms with van der Waals surface area (Å²) in [6.45, 7) is 2.92. The summed E-state index contributed by atoms with van der Waals surface area (Å²) in [4.78, 5) is 0.230. The predicted molar refractivity (Wildman–Crippen MR) is 109 cm³/mol. The van der Waals surface area contributed by atoms with Gasteiger partial charge in [-0.1, -0.05) is 18.2 Å². The molecule has 3 aromatic rings. The Morgan fingerprint density at radius 2 is 1.70 bits per heavy atom. The van der Waals surface area contributed by atoms with Crippen molar-refractivity contribution in [2.24, 2.45) is 0 Å². The van der Waals surface area contributed by atoms with Crippen molar-refractivity contribution in [3.05, 3.63) is 60.2 Å². The molecule has 3 heterocycles. The lowest BCUT2D eigenvalue weighted by atomic mass is 9.97. The molecule has 1 fully saturated rings. The van der Waals surface area contributed by atoms with Gasteiger partial charge in [0, 0.05) is 30.8 Å². The number of aromatic nitrogens is 3. The first kappa shape index (κ1) is 19.1. The zero-order valence-electron chi connectivity index (χ0n) is 16.6. The molecule has 8 nitrogen and oxygen atoms in total. The second kappa shape index (κ2) is 7.41. The van der Waals surface area contributed by atoms with Crippen molar-refractivity contribution in [1.82, 2.24) is 19.1 Å². The minimum absolute atomic E-state index is 0.117. The van der Waals surface area contributed by atoms with E-state index in [2.05, 4.69) is 14.8 Å². The predicted octanol–water partition coefficient (Wildman–Crippen LogP) is 2.87. The summed E-state index contributed by atoms with van der Waals surface area (Å²) in [6, 6.07) is 14.8. The van der Waals surface area contributed by atoms with Crippen LogP contribution in [0, 0.1) is 6.92 Å². The van der Waals surface area contributed by atoms with Gasteiger partial charge in [0.2, 0.25) is 16.8 Å². The zero-order valence-corrected chi connectivity index (χ0v) is 17.4. The zero-order chi connectivity index (χ0) is 20.7. The fourth-order valence-electron chi connectivity index (χ4n) is 4.08. The summed E-state index contributed by atoms with van der Waals surface area (Å²) in [5.41, 5.74) is 1.02. The summed E-state index contributed by atoms with van der Waals surface area (Å²) in [6.07, 6.45) is 1.38. The summed E-state index contributed by atoms with van der Waals surface area (Å²) in [7, 11) is -3.59. The fraction of sp³-hybridized carbons (Fsp3) is 0.333. The Balaban J connectivity index is 1.35. The third-order valence-electron chi connectivity index (χ3n) is 5.67. The highest BCUT2D eigenvalue weighted by molar-refractivity contribution is 7.89. The lowest BCUT2D eigenvalue weighted by molar-refractivity contribution is 0.174. The van der Waals surface area contributed by atoms with Gasteiger partial charge in [0.25, 0.3) is 0 Å². The Kier molecular flexibility index (Phi) is 4.71. The highest BCUT2D eigenvalue weighted by Gasteiger charge is 2.33. The van der Waals surface area contributed by atoms with Crippen molar-refractivity contribution >= 4 is 10.0 Å². The highest BCUT2D eigenvalue weighted by Crippen LogP contribution is 2.36. The molecule has 0 bridgehead atoms. The first-order valence-corrected chi connectivity index (χ1v) is 11.4. The highest BCUT2D eigenvalue weighted by atomic mass is 32.2. The third kappa shape index (κ3) is 3.23. The van der Waals surface area contributed by atoms with Gasteiger partial charge in [-0.3, -0.25) is 4.57 Å². The van der Waals surface area contributed by atoms with Crippen molar-refractivity contribution in [2.45, 2.75) is 30.6 Å². The minimum Gasteiger partial charge on any atom is -0.454 e. The number of hydrogen-bond acceptors (Lipinski definition) is 6. The second-order valence-corrected chi connectivity index (χ2v) is 9.41. The van der Waals surface area contributed by atoms with Crippen LogP contribution in [0.3, 0.4) is 0 Å². The Labute approximate surface area is 175 Å². The van der Waals surface area contributed by atoms with Crippen LogP contribution in [0.2, 0.25) is 0 Å². The lowest BCUT2D eigenvalue weighted by Gasteiger charge is -2.31. The van der Waals surface area contributed by atoms with Crippen LogP contribution in [0.5, 0.6) is 11.5 Å². The van der Waals surface area contributed by atoms with Gasteiger partial charge in [0.15, 0.2) is 11.5 Å². The maximum absolute atomic E-state index is 13.1. The van der Waals surface area contributed by atoms with E-state index < -0.39 is 10.0 Å². The Morgan fingerprint density at radius 1 is 0.967 bits per heavy atom. The molecule has 2 aliphatic rings. The molecular formula is C21H22N4O4S. The topological polar surface area (TPSA) is 86.6 Å². The molecule has 2 aromatic carbocycles. The van der Waals surface area contributed by atoms with Gasteiger partial charge in [0.05, 0.1) is 4.90 Å². The number of piperidine rings is 1. The standard InChI is InChI=1S/C21H22N4O4S/c1-15-22-23-21(25(15)17-5-3-2-4-6-17)16-9-11-24(12-10-16)30(26,27)18-7-8-19-20(13-18)29-14-28-19/h2-8,13,16H,9-12,14H2,1H3. The summed E-state index contributed by atoms with van der Waals surface area (Å²) in [5, 5.41) is 8.69. The Morgan fingerprint density at radius 3 is 2.47 bits per heavy atom. The van der Waals surface area contributed by atoms with E-state index in [0.717, 1.165) is 17.3 Å². The van der Waals surface area contributed by atoms with Crippen LogP contribution < -0.4 is 9.47 Å². The fourth-order valence-corrected chi connectivity index (χ4v) is 5.57. The first-order chi connectivity index (χ1) is 14.5. The van der Waals surface area contributed by atoms with Gasteiger partial charge >= 0.3 is 0 Å². The van der Waals surface area contributed by atoms with Gasteiger partial charge in [0.1, 0.15) is 11.6 Å². The number of fused-ring (bicyclic) bond motifs is 1. The number of sulfonamides is 1. The van der Waals surface area contributed by atoms with Crippen molar-refractivity contribution in [2.75, 3.05) is 19.9 Å². The third-order valence-corrected chi connectivity index (χ3v) is 7.56. The van der Waals surface area contributed by atoms with E-state index in [1.54, 1.807) is 18.2 Å². The second-order valence-electron chi connectivity index (χ2n) is 7.47. The van der Waals surface area contributed by atoms with Gasteiger partial charge in [-0.2, -0.15) is 4.31 Å². The van der Waals surface area contributed by atoms with Gasteiger partial charge in [-0.25, -0.2) is 8.42 Å². The number of para-hydroxylation sites is 1. The number of rotatable bonds is 4. The first-order valence-electron chi connectivity index (χ1n) is 9.91. The molecular weight excluding hydrogens is 404 g/mol. The Bertz CT molecular complexity index is 1170. The van der Waals surface area contributed by atoms with Crippen LogP contribution in [0.4, 0.5) is 0 Å². The molecule has 0 atom stereocenters. The average molecular weight is 426 g/mol. The van der Waals surface area contributed by atoms with Crippen LogP contribution in [0.1, 0.15) is 30.4 Å². The number of hydrogen-bond donors (Lipinski definition) is 0. The molecule has 5 rings (SSSR count). The molecule has 30 heavy (non-hydrogen) atoms. The van der Waals surface area contributed by atoms with Crippen LogP contribution in [0.25, 0.3) is 5.69 Å². The molecule has 0 N–H and O–H groups in total. The lowest BCUT2D eigenvalue weighted by Crippen LogP contribution is -2.38. The summed E-state index contributed by atoms with van der Waals surface area (Å²) in [5.74, 6) is 2.90. The molecule has 0 aliphatic carbocycles. The minimum atomic E-state index is -3.59. The van der Waals surface area contributed by atoms with E-state index in [-0.39, 0.29) is 17.6 Å². The van der Waals surface area contributed by atoms with Crippen molar-refractivity contribution in [3.8, 4) is 17.2 Å². The summed E-state index contributed by atoms with van der Waals surface area (Å²) < 4.78 is 40.4. The number of ether oxygens (including phenoxy) is 2. The van der Waals surface area contributed by atoms with E-state index >= 15 is 0 Å². The van der Waals surface area contributed by atoms with Crippen molar-refractivity contribution < 1.29 is 17.9 Å². The van der Waals surface area contributed by atoms with E-state index in [1.165, 1.54) is 4.31 Å². The largest absolute Gasteiger partial charge is 0.454 e. The van der Waals surface area contributed by atoms with Crippen molar-refractivity contribution in [3.63, 3.8) is 0 Å². The maximum atomic E-state index is 13.1. The number of nitrogens with zero attached hydrogens (tertiary/aromatic N) is 4. The molecule has 0 amide bonds. The molecule has 0 unspecified atom stereocenters. The van der Waals surface area contributed by atoms with Gasteiger partial charge in [-0.05, 0) is 44.0 Å². The van der Waals surface area contributed by atoms with E-state index in [9.17, 15) is 8.42 Å². The quantitative estimate of drug-likeness (QED) is 0.638. The van der Waals surface area contributed by atoms with Crippen LogP contribution in [0.15, 0.2) is 53.4 Å². The average Bonchev–Trinajstić information content (AvgIpc) is 3.40.